The third kappa shape index (κ3) is 6.39. The number of nitrogens with one attached hydrogen (secondary N) is 1. The molecule has 1 aliphatic heterocycles. The summed E-state index contributed by atoms with van der Waals surface area (Å²) in [4.78, 5) is 27.4. The number of hydrogen-bond acceptors (Lipinski definition) is 7. The summed E-state index contributed by atoms with van der Waals surface area (Å²) in [5, 5.41) is 2.83. The molecule has 0 fully saturated rings. The second-order valence-corrected chi connectivity index (χ2v) is 10.1. The van der Waals surface area contributed by atoms with E-state index in [4.69, 9.17) is 14.2 Å². The van der Waals surface area contributed by atoms with Gasteiger partial charge in [0, 0.05) is 20.1 Å². The van der Waals surface area contributed by atoms with Crippen LogP contribution in [0.1, 0.15) is 18.1 Å². The second kappa shape index (κ2) is 10.7. The van der Waals surface area contributed by atoms with Crippen LogP contribution in [-0.2, 0) is 32.7 Å². The Morgan fingerprint density at radius 3 is 2.38 bits per heavy atom. The van der Waals surface area contributed by atoms with Gasteiger partial charge in [-0.1, -0.05) is 18.2 Å². The van der Waals surface area contributed by atoms with E-state index in [1.165, 1.54) is 11.9 Å². The number of rotatable bonds is 10. The number of nitrogens with zero attached hydrogens (tertiary/aromatic N) is 2. The van der Waals surface area contributed by atoms with Gasteiger partial charge in [-0.05, 0) is 42.3 Å². The van der Waals surface area contributed by atoms with Crippen molar-refractivity contribution in [3.05, 3.63) is 53.6 Å². The number of carbonyl (C=O) groups is 2. The fraction of sp³-hybridized carbons (Fsp3) is 0.391. The van der Waals surface area contributed by atoms with Gasteiger partial charge in [-0.3, -0.25) is 9.59 Å². The van der Waals surface area contributed by atoms with Gasteiger partial charge >= 0.3 is 0 Å². The normalized spacial score (nSPS) is 13.4. The van der Waals surface area contributed by atoms with Crippen molar-refractivity contribution in [3.8, 4) is 17.2 Å². The first kappa shape index (κ1) is 25.3. The molecule has 1 aliphatic rings. The van der Waals surface area contributed by atoms with Crippen molar-refractivity contribution in [3.63, 3.8) is 0 Å². The maximum atomic E-state index is 13.1. The van der Waals surface area contributed by atoms with E-state index in [-0.39, 0.29) is 32.3 Å². The number of sulfonamides is 1. The van der Waals surface area contributed by atoms with Gasteiger partial charge in [0.1, 0.15) is 11.8 Å². The van der Waals surface area contributed by atoms with Gasteiger partial charge in [0.25, 0.3) is 0 Å². The Kier molecular flexibility index (Phi) is 8.00. The number of carbonyl (C=O) groups excluding carboxylic acids is 2. The van der Waals surface area contributed by atoms with E-state index < -0.39 is 22.0 Å². The molecular weight excluding hydrogens is 462 g/mol. The van der Waals surface area contributed by atoms with Crippen LogP contribution in [0.5, 0.6) is 17.2 Å². The molecule has 2 amide bonds. The third-order valence-electron chi connectivity index (χ3n) is 5.51. The van der Waals surface area contributed by atoms with Gasteiger partial charge in [-0.2, -0.15) is 4.31 Å². The number of methoxy groups -OCH3 is 1. The van der Waals surface area contributed by atoms with E-state index in [1.54, 1.807) is 50.4 Å². The highest BCUT2D eigenvalue weighted by Gasteiger charge is 2.28. The first-order valence-corrected chi connectivity index (χ1v) is 12.4. The van der Waals surface area contributed by atoms with Crippen LogP contribution in [0, 0.1) is 0 Å². The summed E-state index contributed by atoms with van der Waals surface area (Å²) >= 11 is 0. The SMILES string of the molecule is COc1ccc(CN(C(=O)CN(C)S(C)(=O)=O)[C@H](C)C(=O)NCc2ccc3c(c2)OCO3)cc1. The lowest BCUT2D eigenvalue weighted by Crippen LogP contribution is -2.50. The molecule has 0 spiro atoms. The van der Waals surface area contributed by atoms with Crippen LogP contribution in [0.3, 0.4) is 0 Å². The zero-order chi connectivity index (χ0) is 24.9. The Hall–Kier alpha value is -3.31. The van der Waals surface area contributed by atoms with Crippen LogP contribution >= 0.6 is 0 Å². The fourth-order valence-corrected chi connectivity index (χ4v) is 3.64. The number of likely N-dealkylation sites (N-methyl/N-ethyl adjacent to an activating group) is 1. The average Bonchev–Trinajstić information content (AvgIpc) is 3.28. The predicted molar refractivity (Wildman–Crippen MR) is 125 cm³/mol. The lowest BCUT2D eigenvalue weighted by atomic mass is 10.1. The maximum absolute atomic E-state index is 13.1. The summed E-state index contributed by atoms with van der Waals surface area (Å²) in [6.45, 7) is 1.74. The molecule has 0 saturated carbocycles. The van der Waals surface area contributed by atoms with Crippen LogP contribution in [0.4, 0.5) is 0 Å². The second-order valence-electron chi connectivity index (χ2n) is 7.97. The summed E-state index contributed by atoms with van der Waals surface area (Å²) in [5.41, 5.74) is 1.58. The molecule has 0 bridgehead atoms. The van der Waals surface area contributed by atoms with E-state index in [0.29, 0.717) is 17.2 Å². The average molecular weight is 492 g/mol. The molecule has 2 aromatic rings. The van der Waals surface area contributed by atoms with Crippen molar-refractivity contribution in [1.82, 2.24) is 14.5 Å². The molecule has 0 aliphatic carbocycles. The smallest absolute Gasteiger partial charge is 0.242 e. The molecule has 11 heteroatoms. The molecule has 0 radical (unpaired) electrons. The molecular formula is C23H29N3O7S. The van der Waals surface area contributed by atoms with E-state index in [1.807, 2.05) is 6.07 Å². The lowest BCUT2D eigenvalue weighted by molar-refractivity contribution is -0.140. The molecule has 3 rings (SSSR count). The Morgan fingerprint density at radius 1 is 1.09 bits per heavy atom. The first-order valence-electron chi connectivity index (χ1n) is 10.6. The Labute approximate surface area is 199 Å². The highest BCUT2D eigenvalue weighted by Crippen LogP contribution is 2.32. The lowest BCUT2D eigenvalue weighted by Gasteiger charge is -2.30. The van der Waals surface area contributed by atoms with E-state index in [2.05, 4.69) is 5.32 Å². The fourth-order valence-electron chi connectivity index (χ4n) is 3.30. The summed E-state index contributed by atoms with van der Waals surface area (Å²) in [6, 6.07) is 11.6. The monoisotopic (exact) mass is 491 g/mol. The molecule has 0 aromatic heterocycles. The Bertz CT molecular complexity index is 1140. The summed E-state index contributed by atoms with van der Waals surface area (Å²) in [6.07, 6.45) is 1.02. The van der Waals surface area contributed by atoms with Gasteiger partial charge in [0.05, 0.1) is 19.9 Å². The molecule has 10 nitrogen and oxygen atoms in total. The van der Waals surface area contributed by atoms with Crippen molar-refractivity contribution >= 4 is 21.8 Å². The van der Waals surface area contributed by atoms with Crippen LogP contribution in [0.2, 0.25) is 0 Å². The molecule has 1 N–H and O–H groups in total. The highest BCUT2D eigenvalue weighted by atomic mass is 32.2. The minimum atomic E-state index is -3.56. The number of benzene rings is 2. The molecule has 0 unspecified atom stereocenters. The van der Waals surface area contributed by atoms with Crippen molar-refractivity contribution in [2.75, 3.05) is 33.8 Å². The molecule has 184 valence electrons. The van der Waals surface area contributed by atoms with Crippen molar-refractivity contribution < 1.29 is 32.2 Å². The number of ether oxygens (including phenoxy) is 3. The van der Waals surface area contributed by atoms with Crippen LogP contribution in [0.15, 0.2) is 42.5 Å². The zero-order valence-corrected chi connectivity index (χ0v) is 20.4. The quantitative estimate of drug-likeness (QED) is 0.534. The van der Waals surface area contributed by atoms with E-state index >= 15 is 0 Å². The molecule has 34 heavy (non-hydrogen) atoms. The molecule has 1 atom stereocenters. The predicted octanol–water partition coefficient (Wildman–Crippen LogP) is 1.35. The molecule has 0 saturated heterocycles. The Balaban J connectivity index is 1.72. The van der Waals surface area contributed by atoms with Gasteiger partial charge in [-0.25, -0.2) is 8.42 Å². The first-order chi connectivity index (χ1) is 16.1. The van der Waals surface area contributed by atoms with Gasteiger partial charge < -0.3 is 24.4 Å². The summed E-state index contributed by atoms with van der Waals surface area (Å²) in [7, 11) is -0.687. The Morgan fingerprint density at radius 2 is 1.74 bits per heavy atom. The van der Waals surface area contributed by atoms with Crippen molar-refractivity contribution in [2.24, 2.45) is 0 Å². The van der Waals surface area contributed by atoms with E-state index in [9.17, 15) is 18.0 Å². The highest BCUT2D eigenvalue weighted by molar-refractivity contribution is 7.88. The van der Waals surface area contributed by atoms with Crippen molar-refractivity contribution in [2.45, 2.75) is 26.1 Å². The molecule has 2 aromatic carbocycles. The standard InChI is InChI=1S/C23H29N3O7S/c1-16(23(28)24-12-18-7-10-20-21(11-18)33-15-32-20)26(22(27)14-25(2)34(4,29)30)13-17-5-8-19(31-3)9-6-17/h5-11,16H,12-15H2,1-4H3,(H,24,28)/t16-/m1/s1. The number of amides is 2. The van der Waals surface area contributed by atoms with E-state index in [0.717, 1.165) is 21.7 Å². The van der Waals surface area contributed by atoms with Crippen LogP contribution in [-0.4, -0.2) is 69.2 Å². The largest absolute Gasteiger partial charge is 0.497 e. The van der Waals surface area contributed by atoms with Crippen LogP contribution in [0.25, 0.3) is 0 Å². The van der Waals surface area contributed by atoms with Gasteiger partial charge in [0.2, 0.25) is 28.6 Å². The molecule has 1 heterocycles. The minimum Gasteiger partial charge on any atom is -0.497 e. The van der Waals surface area contributed by atoms with Gasteiger partial charge in [-0.15, -0.1) is 0 Å². The van der Waals surface area contributed by atoms with Crippen molar-refractivity contribution in [1.29, 1.82) is 0 Å². The third-order valence-corrected chi connectivity index (χ3v) is 6.77. The zero-order valence-electron chi connectivity index (χ0n) is 19.6. The number of fused-ring (bicyclic) bond motifs is 1. The maximum Gasteiger partial charge on any atom is 0.242 e. The summed E-state index contributed by atoms with van der Waals surface area (Å²) in [5.74, 6) is 1.05. The summed E-state index contributed by atoms with van der Waals surface area (Å²) < 4.78 is 40.4. The van der Waals surface area contributed by atoms with Crippen LogP contribution < -0.4 is 19.5 Å². The topological polar surface area (TPSA) is 114 Å². The van der Waals surface area contributed by atoms with Gasteiger partial charge in [0.15, 0.2) is 11.5 Å². The number of hydrogen-bond donors (Lipinski definition) is 1. The minimum absolute atomic E-state index is 0.124.